The van der Waals surface area contributed by atoms with E-state index >= 15 is 0 Å². The Morgan fingerprint density at radius 2 is 2.08 bits per heavy atom. The third-order valence-corrected chi connectivity index (χ3v) is 2.97. The average molecular weight is 207 g/mol. The van der Waals surface area contributed by atoms with Gasteiger partial charge in [0.15, 0.2) is 0 Å². The first-order chi connectivity index (χ1) is 5.75. The Balaban J connectivity index is 3.91. The van der Waals surface area contributed by atoms with Crippen LogP contribution >= 0.6 is 0 Å². The molecule has 0 saturated heterocycles. The van der Waals surface area contributed by atoms with Crippen molar-refractivity contribution in [1.29, 1.82) is 0 Å². The number of hydrogen-bond donors (Lipinski definition) is 2. The van der Waals surface area contributed by atoms with Crippen LogP contribution in [0, 0.1) is 0 Å². The lowest BCUT2D eigenvalue weighted by molar-refractivity contribution is -0.136. The SMILES string of the molecule is CC(CNC(=O)C(C)(C)O)S(C)=O. The predicted octanol–water partition coefficient (Wildman–Crippen LogP) is -0.360. The smallest absolute Gasteiger partial charge is 0.251 e. The van der Waals surface area contributed by atoms with Gasteiger partial charge in [-0.2, -0.15) is 0 Å². The van der Waals surface area contributed by atoms with Crippen LogP contribution in [-0.2, 0) is 15.6 Å². The lowest BCUT2D eigenvalue weighted by Crippen LogP contribution is -2.44. The first kappa shape index (κ1) is 12.6. The third kappa shape index (κ3) is 5.00. The van der Waals surface area contributed by atoms with Gasteiger partial charge in [0, 0.05) is 28.9 Å². The number of nitrogens with one attached hydrogen (secondary N) is 1. The van der Waals surface area contributed by atoms with E-state index in [-0.39, 0.29) is 5.25 Å². The summed E-state index contributed by atoms with van der Waals surface area (Å²) < 4.78 is 10.9. The van der Waals surface area contributed by atoms with E-state index in [4.69, 9.17) is 0 Å². The highest BCUT2D eigenvalue weighted by Gasteiger charge is 2.23. The molecule has 0 aromatic rings. The summed E-state index contributed by atoms with van der Waals surface area (Å²) >= 11 is 0. The van der Waals surface area contributed by atoms with Crippen LogP contribution in [-0.4, -0.2) is 38.9 Å². The molecule has 4 nitrogen and oxygen atoms in total. The molecule has 0 spiro atoms. The maximum atomic E-state index is 11.1. The molecule has 1 amide bonds. The van der Waals surface area contributed by atoms with Gasteiger partial charge < -0.3 is 10.4 Å². The second-order valence-electron chi connectivity index (χ2n) is 3.58. The molecule has 0 aliphatic heterocycles. The first-order valence-corrected chi connectivity index (χ1v) is 5.70. The highest BCUT2D eigenvalue weighted by atomic mass is 32.2. The summed E-state index contributed by atoms with van der Waals surface area (Å²) in [6.45, 7) is 4.93. The van der Waals surface area contributed by atoms with E-state index in [1.165, 1.54) is 13.8 Å². The van der Waals surface area contributed by atoms with Crippen molar-refractivity contribution in [1.82, 2.24) is 5.32 Å². The van der Waals surface area contributed by atoms with Crippen LogP contribution in [0.5, 0.6) is 0 Å². The van der Waals surface area contributed by atoms with Gasteiger partial charge in [-0.3, -0.25) is 9.00 Å². The summed E-state index contributed by atoms with van der Waals surface area (Å²) in [5.74, 6) is -0.440. The summed E-state index contributed by atoms with van der Waals surface area (Å²) in [5, 5.41) is 11.7. The van der Waals surface area contributed by atoms with E-state index in [9.17, 15) is 14.1 Å². The molecule has 0 aliphatic carbocycles. The fraction of sp³-hybridized carbons (Fsp3) is 0.875. The Bertz CT molecular complexity index is 210. The van der Waals surface area contributed by atoms with Crippen LogP contribution in [0.2, 0.25) is 0 Å². The number of hydrogen-bond acceptors (Lipinski definition) is 3. The maximum Gasteiger partial charge on any atom is 0.251 e. The molecule has 0 aromatic carbocycles. The fourth-order valence-corrected chi connectivity index (χ4v) is 0.888. The normalized spacial score (nSPS) is 16.4. The minimum atomic E-state index is -1.37. The van der Waals surface area contributed by atoms with Crippen molar-refractivity contribution < 1.29 is 14.1 Å². The van der Waals surface area contributed by atoms with Gasteiger partial charge in [-0.05, 0) is 20.8 Å². The number of carbonyl (C=O) groups is 1. The molecule has 0 rings (SSSR count). The number of carbonyl (C=O) groups excluding carboxylic acids is 1. The van der Waals surface area contributed by atoms with Gasteiger partial charge >= 0.3 is 0 Å². The van der Waals surface area contributed by atoms with Gasteiger partial charge in [-0.15, -0.1) is 0 Å². The van der Waals surface area contributed by atoms with Crippen molar-refractivity contribution >= 4 is 16.7 Å². The fourth-order valence-electron chi connectivity index (χ4n) is 0.570. The Morgan fingerprint density at radius 1 is 1.62 bits per heavy atom. The van der Waals surface area contributed by atoms with Gasteiger partial charge in [-0.1, -0.05) is 0 Å². The van der Waals surface area contributed by atoms with E-state index in [1.54, 1.807) is 13.2 Å². The number of amides is 1. The van der Waals surface area contributed by atoms with E-state index in [0.717, 1.165) is 0 Å². The first-order valence-electron chi connectivity index (χ1n) is 4.08. The van der Waals surface area contributed by atoms with Crippen LogP contribution in [0.25, 0.3) is 0 Å². The molecule has 0 bridgehead atoms. The molecular formula is C8H17NO3S. The largest absolute Gasteiger partial charge is 0.381 e. The maximum absolute atomic E-state index is 11.1. The second kappa shape index (κ2) is 4.72. The third-order valence-electron chi connectivity index (χ3n) is 1.67. The molecule has 0 saturated carbocycles. The highest BCUT2D eigenvalue weighted by molar-refractivity contribution is 7.84. The minimum absolute atomic E-state index is 0.0914. The predicted molar refractivity (Wildman–Crippen MR) is 52.8 cm³/mol. The Labute approximate surface area is 81.2 Å². The molecule has 2 unspecified atom stereocenters. The van der Waals surface area contributed by atoms with Crippen molar-refractivity contribution in [3.05, 3.63) is 0 Å². The summed E-state index contributed by atoms with van der Waals surface area (Å²) in [5.41, 5.74) is -1.37. The molecule has 2 N–H and O–H groups in total. The summed E-state index contributed by atoms with van der Waals surface area (Å²) in [6, 6.07) is 0. The lowest BCUT2D eigenvalue weighted by atomic mass is 10.1. The molecule has 0 fully saturated rings. The molecule has 0 radical (unpaired) electrons. The van der Waals surface area contributed by atoms with E-state index in [2.05, 4.69) is 5.32 Å². The monoisotopic (exact) mass is 207 g/mol. The molecule has 0 aliphatic rings. The Hall–Kier alpha value is -0.420. The second-order valence-corrected chi connectivity index (χ2v) is 5.38. The number of aliphatic hydroxyl groups is 1. The van der Waals surface area contributed by atoms with Crippen LogP contribution in [0.1, 0.15) is 20.8 Å². The molecule has 13 heavy (non-hydrogen) atoms. The quantitative estimate of drug-likeness (QED) is 0.661. The zero-order valence-electron chi connectivity index (χ0n) is 8.46. The van der Waals surface area contributed by atoms with Gasteiger partial charge in [0.2, 0.25) is 0 Å². The van der Waals surface area contributed by atoms with Crippen molar-refractivity contribution in [2.45, 2.75) is 31.6 Å². The van der Waals surface area contributed by atoms with E-state index in [1.807, 2.05) is 0 Å². The standard InChI is InChI=1S/C8H17NO3S/c1-6(13(4)12)5-9-7(10)8(2,3)11/h6,11H,5H2,1-4H3,(H,9,10). The van der Waals surface area contributed by atoms with E-state index in [0.29, 0.717) is 6.54 Å². The van der Waals surface area contributed by atoms with Gasteiger partial charge in [0.05, 0.1) is 0 Å². The number of rotatable bonds is 4. The molecule has 2 atom stereocenters. The van der Waals surface area contributed by atoms with Gasteiger partial charge in [0.1, 0.15) is 5.60 Å². The highest BCUT2D eigenvalue weighted by Crippen LogP contribution is 2.00. The van der Waals surface area contributed by atoms with Gasteiger partial charge in [-0.25, -0.2) is 0 Å². The summed E-state index contributed by atoms with van der Waals surface area (Å²) in [4.78, 5) is 11.1. The Morgan fingerprint density at radius 3 is 2.38 bits per heavy atom. The van der Waals surface area contributed by atoms with Crippen LogP contribution in [0.15, 0.2) is 0 Å². The average Bonchev–Trinajstić information content (AvgIpc) is 1.97. The molecule has 5 heteroatoms. The van der Waals surface area contributed by atoms with E-state index < -0.39 is 22.3 Å². The summed E-state index contributed by atoms with van der Waals surface area (Å²) in [6.07, 6.45) is 1.58. The van der Waals surface area contributed by atoms with Crippen molar-refractivity contribution in [2.24, 2.45) is 0 Å². The molecule has 78 valence electrons. The lowest BCUT2D eigenvalue weighted by Gasteiger charge is -2.18. The molecule has 0 heterocycles. The molecular weight excluding hydrogens is 190 g/mol. The zero-order valence-corrected chi connectivity index (χ0v) is 9.27. The summed E-state index contributed by atoms with van der Waals surface area (Å²) in [7, 11) is -0.950. The topological polar surface area (TPSA) is 66.4 Å². The molecule has 0 aromatic heterocycles. The van der Waals surface area contributed by atoms with Crippen LogP contribution < -0.4 is 5.32 Å². The minimum Gasteiger partial charge on any atom is -0.381 e. The van der Waals surface area contributed by atoms with Crippen LogP contribution in [0.4, 0.5) is 0 Å². The van der Waals surface area contributed by atoms with Crippen molar-refractivity contribution in [2.75, 3.05) is 12.8 Å². The van der Waals surface area contributed by atoms with Crippen molar-refractivity contribution in [3.8, 4) is 0 Å². The van der Waals surface area contributed by atoms with Crippen molar-refractivity contribution in [3.63, 3.8) is 0 Å². The van der Waals surface area contributed by atoms with Crippen LogP contribution in [0.3, 0.4) is 0 Å². The zero-order chi connectivity index (χ0) is 10.6. The van der Waals surface area contributed by atoms with Gasteiger partial charge in [0.25, 0.3) is 5.91 Å². The Kier molecular flexibility index (Phi) is 4.56.